The summed E-state index contributed by atoms with van der Waals surface area (Å²) in [4.78, 5) is 14.0. The van der Waals surface area contributed by atoms with Crippen LogP contribution in [-0.2, 0) is 4.79 Å². The summed E-state index contributed by atoms with van der Waals surface area (Å²) in [6.07, 6.45) is -0.160. The van der Waals surface area contributed by atoms with E-state index in [0.29, 0.717) is 0 Å². The first-order valence-electron chi connectivity index (χ1n) is 9.30. The molecular formula is C22H25N3O3. The normalized spacial score (nSPS) is 17.7. The van der Waals surface area contributed by atoms with Crippen LogP contribution in [0.2, 0.25) is 0 Å². The molecule has 0 bridgehead atoms. The lowest BCUT2D eigenvalue weighted by Gasteiger charge is -2.36. The molecule has 6 nitrogen and oxygen atoms in total. The second kappa shape index (κ2) is 8.89. The molecule has 2 aromatic carbocycles. The van der Waals surface area contributed by atoms with Gasteiger partial charge >= 0.3 is 0 Å². The van der Waals surface area contributed by atoms with Crippen LogP contribution in [0, 0.1) is 11.8 Å². The molecule has 4 N–H and O–H groups in total. The third-order valence-corrected chi connectivity index (χ3v) is 4.95. The Morgan fingerprint density at radius 2 is 1.89 bits per heavy atom. The Morgan fingerprint density at radius 3 is 2.57 bits per heavy atom. The minimum Gasteiger partial charge on any atom is -0.391 e. The molecule has 3 atom stereocenters. The molecule has 0 spiro atoms. The molecule has 0 radical (unpaired) electrons. The summed E-state index contributed by atoms with van der Waals surface area (Å²) in [6, 6.07) is 14.8. The Morgan fingerprint density at radius 1 is 1.18 bits per heavy atom. The zero-order valence-corrected chi connectivity index (χ0v) is 16.0. The number of hydroxylamine groups is 1. The van der Waals surface area contributed by atoms with Crippen molar-refractivity contribution < 1.29 is 15.1 Å². The zero-order valence-electron chi connectivity index (χ0n) is 16.0. The van der Waals surface area contributed by atoms with E-state index < -0.39 is 18.1 Å². The first-order chi connectivity index (χ1) is 13.5. The molecule has 0 aromatic heterocycles. The average Bonchev–Trinajstić information content (AvgIpc) is 2.72. The number of fused-ring (bicyclic) bond motifs is 1. The van der Waals surface area contributed by atoms with Gasteiger partial charge in [-0.05, 0) is 43.2 Å². The predicted octanol–water partition coefficient (Wildman–Crippen LogP) is 1.81. The van der Waals surface area contributed by atoms with E-state index in [0.717, 1.165) is 35.3 Å². The second-order valence-corrected chi connectivity index (χ2v) is 7.01. The first-order valence-corrected chi connectivity index (χ1v) is 9.30. The molecule has 146 valence electrons. The van der Waals surface area contributed by atoms with Crippen molar-refractivity contribution in [1.29, 1.82) is 0 Å². The van der Waals surface area contributed by atoms with E-state index >= 15 is 0 Å². The van der Waals surface area contributed by atoms with E-state index in [1.54, 1.807) is 5.48 Å². The van der Waals surface area contributed by atoms with Crippen molar-refractivity contribution in [3.63, 3.8) is 0 Å². The maximum atomic E-state index is 11.9. The number of nitrogens with one attached hydrogen (secondary N) is 2. The molecule has 6 heteroatoms. The van der Waals surface area contributed by atoms with Crippen LogP contribution in [0.25, 0.3) is 0 Å². The Kier molecular flexibility index (Phi) is 6.32. The molecule has 0 saturated carbocycles. The zero-order chi connectivity index (χ0) is 20.1. The summed E-state index contributed by atoms with van der Waals surface area (Å²) in [7, 11) is 2.02. The van der Waals surface area contributed by atoms with Crippen LogP contribution in [-0.4, -0.2) is 42.0 Å². The van der Waals surface area contributed by atoms with Crippen molar-refractivity contribution >= 4 is 11.6 Å². The molecule has 1 aliphatic heterocycles. The van der Waals surface area contributed by atoms with Gasteiger partial charge in [-0.25, -0.2) is 5.48 Å². The number of nitrogens with zero attached hydrogens (tertiary/aromatic N) is 1. The van der Waals surface area contributed by atoms with Crippen molar-refractivity contribution in [1.82, 2.24) is 10.8 Å². The molecule has 1 aliphatic rings. The fraction of sp³-hybridized carbons (Fsp3) is 0.318. The topological polar surface area (TPSA) is 84.8 Å². The number of hydrogen-bond acceptors (Lipinski definition) is 5. The summed E-state index contributed by atoms with van der Waals surface area (Å²) >= 11 is 0. The highest BCUT2D eigenvalue weighted by atomic mass is 16.5. The minimum absolute atomic E-state index is 0.112. The Balaban J connectivity index is 1.86. The standard InChI is InChI=1S/C22H25N3O3/c1-15(26)21(22(27)24-28)23-19-12-13-25(2)20-14-17(10-11-18(19)20)9-8-16-6-4-3-5-7-16/h3-7,10-11,14-15,19,21,23,26,28H,12-13H2,1-2H3,(H,24,27)/t15-,19?,21+/m1/s1. The van der Waals surface area contributed by atoms with E-state index in [2.05, 4.69) is 22.1 Å². The number of aliphatic hydroxyl groups excluding tert-OH is 1. The quantitative estimate of drug-likeness (QED) is 0.370. The lowest BCUT2D eigenvalue weighted by atomic mass is 9.94. The van der Waals surface area contributed by atoms with Crippen molar-refractivity contribution in [3.05, 3.63) is 65.2 Å². The highest BCUT2D eigenvalue weighted by Gasteiger charge is 2.30. The number of anilines is 1. The van der Waals surface area contributed by atoms with Gasteiger partial charge in [-0.15, -0.1) is 0 Å². The van der Waals surface area contributed by atoms with Crippen LogP contribution in [0.5, 0.6) is 0 Å². The average molecular weight is 379 g/mol. The molecule has 0 fully saturated rings. The van der Waals surface area contributed by atoms with Gasteiger partial charge in [-0.2, -0.15) is 0 Å². The highest BCUT2D eigenvalue weighted by Crippen LogP contribution is 2.34. The smallest absolute Gasteiger partial charge is 0.263 e. The predicted molar refractivity (Wildman–Crippen MR) is 108 cm³/mol. The van der Waals surface area contributed by atoms with E-state index in [1.807, 2.05) is 55.6 Å². The number of carbonyl (C=O) groups excluding carboxylic acids is 1. The lowest BCUT2D eigenvalue weighted by Crippen LogP contribution is -2.51. The molecule has 2 aromatic rings. The first kappa shape index (κ1) is 19.9. The Labute approximate surface area is 165 Å². The summed E-state index contributed by atoms with van der Waals surface area (Å²) in [5, 5.41) is 22.0. The van der Waals surface area contributed by atoms with Gasteiger partial charge in [0.1, 0.15) is 6.04 Å². The number of benzene rings is 2. The fourth-order valence-corrected chi connectivity index (χ4v) is 3.40. The van der Waals surface area contributed by atoms with Crippen molar-refractivity contribution in [3.8, 4) is 11.8 Å². The SMILES string of the molecule is C[C@@H](O)[C@H](NC1CCN(C)c2cc(C#Cc3ccccc3)ccc21)C(=O)NO. The van der Waals surface area contributed by atoms with Crippen LogP contribution in [0.15, 0.2) is 48.5 Å². The van der Waals surface area contributed by atoms with E-state index in [1.165, 1.54) is 6.92 Å². The molecular weight excluding hydrogens is 354 g/mol. The molecule has 1 heterocycles. The van der Waals surface area contributed by atoms with Crippen LogP contribution in [0.3, 0.4) is 0 Å². The summed E-state index contributed by atoms with van der Waals surface area (Å²) in [5.41, 5.74) is 5.57. The van der Waals surface area contributed by atoms with Crippen LogP contribution in [0.1, 0.15) is 36.1 Å². The Bertz CT molecular complexity index is 887. The van der Waals surface area contributed by atoms with Gasteiger partial charge in [-0.3, -0.25) is 15.3 Å². The molecule has 0 saturated heterocycles. The largest absolute Gasteiger partial charge is 0.391 e. The molecule has 1 amide bonds. The minimum atomic E-state index is -0.939. The maximum Gasteiger partial charge on any atom is 0.263 e. The van der Waals surface area contributed by atoms with Crippen LogP contribution < -0.4 is 15.7 Å². The van der Waals surface area contributed by atoms with E-state index in [-0.39, 0.29) is 6.04 Å². The molecule has 0 aliphatic carbocycles. The van der Waals surface area contributed by atoms with Crippen molar-refractivity contribution in [2.45, 2.75) is 31.5 Å². The number of amides is 1. The number of hydrogen-bond donors (Lipinski definition) is 4. The van der Waals surface area contributed by atoms with Gasteiger partial charge in [0.15, 0.2) is 0 Å². The summed E-state index contributed by atoms with van der Waals surface area (Å²) in [6.45, 7) is 2.32. The van der Waals surface area contributed by atoms with Crippen LogP contribution >= 0.6 is 0 Å². The molecule has 1 unspecified atom stereocenters. The fourth-order valence-electron chi connectivity index (χ4n) is 3.40. The Hall–Kier alpha value is -2.85. The van der Waals surface area contributed by atoms with Crippen molar-refractivity contribution in [2.24, 2.45) is 0 Å². The van der Waals surface area contributed by atoms with Gasteiger partial charge in [-0.1, -0.05) is 36.1 Å². The van der Waals surface area contributed by atoms with Crippen LogP contribution in [0.4, 0.5) is 5.69 Å². The molecule has 3 rings (SSSR count). The second-order valence-electron chi connectivity index (χ2n) is 7.01. The number of carbonyl (C=O) groups is 1. The third kappa shape index (κ3) is 4.52. The number of rotatable bonds is 4. The van der Waals surface area contributed by atoms with Gasteiger partial charge in [0.2, 0.25) is 0 Å². The van der Waals surface area contributed by atoms with Gasteiger partial charge < -0.3 is 10.0 Å². The van der Waals surface area contributed by atoms with Gasteiger partial charge in [0.05, 0.1) is 6.10 Å². The van der Waals surface area contributed by atoms with E-state index in [4.69, 9.17) is 5.21 Å². The highest BCUT2D eigenvalue weighted by molar-refractivity contribution is 5.81. The number of aliphatic hydroxyl groups is 1. The maximum absolute atomic E-state index is 11.9. The third-order valence-electron chi connectivity index (χ3n) is 4.95. The van der Waals surface area contributed by atoms with Gasteiger partial charge in [0.25, 0.3) is 5.91 Å². The molecule has 28 heavy (non-hydrogen) atoms. The summed E-state index contributed by atoms with van der Waals surface area (Å²) in [5.74, 6) is 5.71. The van der Waals surface area contributed by atoms with Crippen molar-refractivity contribution in [2.75, 3.05) is 18.5 Å². The monoisotopic (exact) mass is 379 g/mol. The lowest BCUT2D eigenvalue weighted by molar-refractivity contribution is -0.134. The van der Waals surface area contributed by atoms with E-state index in [9.17, 15) is 9.90 Å². The summed E-state index contributed by atoms with van der Waals surface area (Å²) < 4.78 is 0. The van der Waals surface area contributed by atoms with Gasteiger partial charge in [0, 0.05) is 36.4 Å².